The molecule has 1 fully saturated rings. The smallest absolute Gasteiger partial charge is 0.258 e. The van der Waals surface area contributed by atoms with Gasteiger partial charge in [-0.1, -0.05) is 17.7 Å². The highest BCUT2D eigenvalue weighted by molar-refractivity contribution is 5.78. The zero-order chi connectivity index (χ0) is 16.8. The fraction of sp³-hybridized carbons (Fsp3) is 0.389. The van der Waals surface area contributed by atoms with Crippen LogP contribution in [-0.4, -0.2) is 35.7 Å². The van der Waals surface area contributed by atoms with Crippen molar-refractivity contribution in [3.8, 4) is 5.75 Å². The number of hydrogen-bond acceptors (Lipinski definition) is 5. The third kappa shape index (κ3) is 3.89. The summed E-state index contributed by atoms with van der Waals surface area (Å²) in [4.78, 5) is 21.1. The monoisotopic (exact) mass is 327 g/mol. The van der Waals surface area contributed by atoms with Gasteiger partial charge in [-0.3, -0.25) is 4.79 Å². The summed E-state index contributed by atoms with van der Waals surface area (Å²) in [7, 11) is 0. The zero-order valence-electron chi connectivity index (χ0n) is 13.7. The largest absolute Gasteiger partial charge is 0.484 e. The Bertz CT molecular complexity index is 668. The molecule has 1 aliphatic rings. The Labute approximate surface area is 141 Å². The van der Waals surface area contributed by atoms with Crippen molar-refractivity contribution in [3.05, 3.63) is 54.1 Å². The molecule has 0 saturated carbocycles. The Morgan fingerprint density at radius 1 is 1.21 bits per heavy atom. The van der Waals surface area contributed by atoms with Crippen LogP contribution in [0.25, 0.3) is 0 Å². The average Bonchev–Trinajstić information content (AvgIpc) is 2.63. The predicted octanol–water partition coefficient (Wildman–Crippen LogP) is 1.99. The van der Waals surface area contributed by atoms with Crippen LogP contribution < -0.4 is 10.1 Å². The summed E-state index contributed by atoms with van der Waals surface area (Å²) in [6, 6.07) is 9.37. The molecule has 1 amide bonds. The molecule has 0 radical (unpaired) electrons. The molecule has 126 valence electrons. The molecule has 0 spiro atoms. The van der Waals surface area contributed by atoms with Gasteiger partial charge >= 0.3 is 0 Å². The second-order valence-corrected chi connectivity index (χ2v) is 5.92. The number of aryl methyl sites for hydroxylation is 1. The van der Waals surface area contributed by atoms with Crippen molar-refractivity contribution < 1.29 is 14.3 Å². The van der Waals surface area contributed by atoms with E-state index in [1.807, 2.05) is 31.2 Å². The van der Waals surface area contributed by atoms with Crippen LogP contribution in [-0.2, 0) is 15.1 Å². The van der Waals surface area contributed by atoms with E-state index in [0.717, 1.165) is 5.56 Å². The molecular formula is C18H21N3O3. The van der Waals surface area contributed by atoms with Gasteiger partial charge in [-0.2, -0.15) is 0 Å². The lowest BCUT2D eigenvalue weighted by atomic mass is 9.89. The van der Waals surface area contributed by atoms with Gasteiger partial charge in [-0.05, 0) is 25.1 Å². The summed E-state index contributed by atoms with van der Waals surface area (Å²) in [6.07, 6.45) is 4.67. The van der Waals surface area contributed by atoms with Crippen molar-refractivity contribution in [3.63, 3.8) is 0 Å². The van der Waals surface area contributed by atoms with E-state index in [1.165, 1.54) is 0 Å². The summed E-state index contributed by atoms with van der Waals surface area (Å²) in [5.41, 5.74) is 0.557. The van der Waals surface area contributed by atoms with Gasteiger partial charge in [-0.25, -0.2) is 9.97 Å². The van der Waals surface area contributed by atoms with E-state index in [0.29, 0.717) is 37.6 Å². The maximum absolute atomic E-state index is 12.4. The van der Waals surface area contributed by atoms with E-state index in [1.54, 1.807) is 18.5 Å². The number of amides is 1. The van der Waals surface area contributed by atoms with Gasteiger partial charge < -0.3 is 14.8 Å². The molecular weight excluding hydrogens is 306 g/mol. The molecule has 3 rings (SSSR count). The molecule has 0 atom stereocenters. The fourth-order valence-electron chi connectivity index (χ4n) is 2.76. The Morgan fingerprint density at radius 2 is 1.88 bits per heavy atom. The lowest BCUT2D eigenvalue weighted by Crippen LogP contribution is -2.51. The molecule has 6 nitrogen and oxygen atoms in total. The molecule has 24 heavy (non-hydrogen) atoms. The van der Waals surface area contributed by atoms with Gasteiger partial charge in [0.1, 0.15) is 11.3 Å². The third-order valence-corrected chi connectivity index (χ3v) is 4.11. The van der Waals surface area contributed by atoms with Crippen LogP contribution in [0.1, 0.15) is 24.2 Å². The normalized spacial score (nSPS) is 16.4. The van der Waals surface area contributed by atoms with Crippen molar-refractivity contribution in [1.82, 2.24) is 15.3 Å². The number of carbonyl (C=O) groups is 1. The maximum Gasteiger partial charge on any atom is 0.258 e. The first-order chi connectivity index (χ1) is 11.7. The summed E-state index contributed by atoms with van der Waals surface area (Å²) >= 11 is 0. The summed E-state index contributed by atoms with van der Waals surface area (Å²) in [6.45, 7) is 3.10. The number of carbonyl (C=O) groups excluding carboxylic acids is 1. The second-order valence-electron chi connectivity index (χ2n) is 5.92. The topological polar surface area (TPSA) is 73.3 Å². The van der Waals surface area contributed by atoms with E-state index in [2.05, 4.69) is 15.3 Å². The predicted molar refractivity (Wildman–Crippen MR) is 88.6 cm³/mol. The number of aromatic nitrogens is 2. The number of rotatable bonds is 5. The minimum Gasteiger partial charge on any atom is -0.484 e. The summed E-state index contributed by atoms with van der Waals surface area (Å²) < 4.78 is 11.0. The number of nitrogens with one attached hydrogen (secondary N) is 1. The first kappa shape index (κ1) is 16.4. The molecule has 2 heterocycles. The first-order valence-electron chi connectivity index (χ1n) is 8.04. The van der Waals surface area contributed by atoms with Gasteiger partial charge in [0.2, 0.25) is 0 Å². The molecule has 0 bridgehead atoms. The Hall–Kier alpha value is -2.47. The first-order valence-corrected chi connectivity index (χ1v) is 8.04. The van der Waals surface area contributed by atoms with Crippen molar-refractivity contribution in [2.24, 2.45) is 0 Å². The van der Waals surface area contributed by atoms with Gasteiger partial charge in [0, 0.05) is 38.4 Å². The maximum atomic E-state index is 12.4. The van der Waals surface area contributed by atoms with Crippen LogP contribution in [0.4, 0.5) is 0 Å². The summed E-state index contributed by atoms with van der Waals surface area (Å²) in [5, 5.41) is 3.06. The lowest BCUT2D eigenvalue weighted by Gasteiger charge is -2.36. The van der Waals surface area contributed by atoms with Crippen molar-refractivity contribution in [2.75, 3.05) is 19.8 Å². The molecule has 0 unspecified atom stereocenters. The molecule has 1 N–H and O–H groups in total. The van der Waals surface area contributed by atoms with Crippen LogP contribution in [0, 0.1) is 6.92 Å². The Balaban J connectivity index is 1.66. The van der Waals surface area contributed by atoms with E-state index >= 15 is 0 Å². The highest BCUT2D eigenvalue weighted by Gasteiger charge is 2.38. The molecule has 1 aromatic heterocycles. The third-order valence-electron chi connectivity index (χ3n) is 4.11. The molecule has 0 aliphatic carbocycles. The second kappa shape index (κ2) is 7.40. The number of hydrogen-bond donors (Lipinski definition) is 1. The van der Waals surface area contributed by atoms with Gasteiger partial charge in [-0.15, -0.1) is 0 Å². The highest BCUT2D eigenvalue weighted by Crippen LogP contribution is 2.29. The minimum atomic E-state index is -0.590. The van der Waals surface area contributed by atoms with Crippen molar-refractivity contribution in [2.45, 2.75) is 25.3 Å². The standard InChI is InChI=1S/C18H21N3O3/c1-14-3-5-15(6-4-14)24-13-16(22)21-18(7-11-23-12-8-18)17-19-9-2-10-20-17/h2-6,9-10H,7-8,11-13H2,1H3,(H,21,22). The number of benzene rings is 1. The van der Waals surface area contributed by atoms with Crippen molar-refractivity contribution >= 4 is 5.91 Å². The zero-order valence-corrected chi connectivity index (χ0v) is 13.7. The van der Waals surface area contributed by atoms with Gasteiger partial charge in [0.05, 0.1) is 0 Å². The molecule has 1 aliphatic heterocycles. The summed E-state index contributed by atoms with van der Waals surface area (Å²) in [5.74, 6) is 1.11. The van der Waals surface area contributed by atoms with Gasteiger partial charge in [0.25, 0.3) is 5.91 Å². The Morgan fingerprint density at radius 3 is 2.54 bits per heavy atom. The minimum absolute atomic E-state index is 0.0432. The highest BCUT2D eigenvalue weighted by atomic mass is 16.5. The van der Waals surface area contributed by atoms with Crippen LogP contribution >= 0.6 is 0 Å². The van der Waals surface area contributed by atoms with Crippen LogP contribution in [0.15, 0.2) is 42.7 Å². The number of ether oxygens (including phenoxy) is 2. The van der Waals surface area contributed by atoms with E-state index in [9.17, 15) is 4.79 Å². The van der Waals surface area contributed by atoms with Crippen LogP contribution in [0.2, 0.25) is 0 Å². The van der Waals surface area contributed by atoms with Crippen LogP contribution in [0.3, 0.4) is 0 Å². The SMILES string of the molecule is Cc1ccc(OCC(=O)NC2(c3ncccn3)CCOCC2)cc1. The van der Waals surface area contributed by atoms with E-state index in [4.69, 9.17) is 9.47 Å². The molecule has 6 heteroatoms. The lowest BCUT2D eigenvalue weighted by molar-refractivity contribution is -0.126. The average molecular weight is 327 g/mol. The van der Waals surface area contributed by atoms with E-state index < -0.39 is 5.54 Å². The van der Waals surface area contributed by atoms with Crippen LogP contribution in [0.5, 0.6) is 5.75 Å². The molecule has 1 aromatic carbocycles. The molecule has 1 saturated heterocycles. The molecule has 2 aromatic rings. The van der Waals surface area contributed by atoms with Crippen molar-refractivity contribution in [1.29, 1.82) is 0 Å². The Kier molecular flexibility index (Phi) is 5.05. The quantitative estimate of drug-likeness (QED) is 0.909. The van der Waals surface area contributed by atoms with E-state index in [-0.39, 0.29) is 12.5 Å². The van der Waals surface area contributed by atoms with Gasteiger partial charge in [0.15, 0.2) is 12.4 Å². The fourth-order valence-corrected chi connectivity index (χ4v) is 2.76. The number of nitrogens with zero attached hydrogens (tertiary/aromatic N) is 2.